The van der Waals surface area contributed by atoms with E-state index in [0.29, 0.717) is 6.04 Å². The van der Waals surface area contributed by atoms with Crippen LogP contribution in [0.15, 0.2) is 28.7 Å². The van der Waals surface area contributed by atoms with Gasteiger partial charge < -0.3 is 0 Å². The molecule has 0 heterocycles. The van der Waals surface area contributed by atoms with E-state index in [-0.39, 0.29) is 5.92 Å². The molecule has 0 aliphatic heterocycles. The van der Waals surface area contributed by atoms with Crippen LogP contribution in [0, 0.1) is 17.2 Å². The van der Waals surface area contributed by atoms with Crippen LogP contribution in [0.3, 0.4) is 0 Å². The molecule has 0 amide bonds. The predicted molar refractivity (Wildman–Crippen MR) is 81.6 cm³/mol. The van der Waals surface area contributed by atoms with Crippen molar-refractivity contribution in [1.82, 2.24) is 4.90 Å². The Kier molecular flexibility index (Phi) is 5.42. The molecular weight excluding hydrogens is 300 g/mol. The van der Waals surface area contributed by atoms with Gasteiger partial charge in [-0.15, -0.1) is 0 Å². The summed E-state index contributed by atoms with van der Waals surface area (Å²) in [7, 11) is 2.15. The van der Waals surface area contributed by atoms with E-state index in [1.807, 2.05) is 6.07 Å². The molecule has 1 aromatic rings. The first-order chi connectivity index (χ1) is 9.22. The van der Waals surface area contributed by atoms with Crippen LogP contribution in [0.2, 0.25) is 0 Å². The second-order valence-corrected chi connectivity index (χ2v) is 6.30. The van der Waals surface area contributed by atoms with Crippen molar-refractivity contribution in [1.29, 1.82) is 5.26 Å². The van der Waals surface area contributed by atoms with Crippen LogP contribution >= 0.6 is 15.9 Å². The molecule has 19 heavy (non-hydrogen) atoms. The normalized spacial score (nSPS) is 23.9. The van der Waals surface area contributed by atoms with Gasteiger partial charge in [-0.05, 0) is 31.5 Å². The molecule has 102 valence electrons. The summed E-state index contributed by atoms with van der Waals surface area (Å²) in [6.45, 7) is 0.907. The van der Waals surface area contributed by atoms with Gasteiger partial charge in [0.15, 0.2) is 0 Å². The Balaban J connectivity index is 2.07. The van der Waals surface area contributed by atoms with E-state index in [0.717, 1.165) is 23.9 Å². The first-order valence-electron chi connectivity index (χ1n) is 7.05. The van der Waals surface area contributed by atoms with E-state index in [2.05, 4.69) is 52.1 Å². The van der Waals surface area contributed by atoms with Crippen molar-refractivity contribution in [3.63, 3.8) is 0 Å². The summed E-state index contributed by atoms with van der Waals surface area (Å²) < 4.78 is 1.16. The molecule has 2 atom stereocenters. The number of rotatable bonds is 3. The third-order valence-corrected chi connectivity index (χ3v) is 4.86. The van der Waals surface area contributed by atoms with Crippen molar-refractivity contribution in [3.8, 4) is 6.07 Å². The van der Waals surface area contributed by atoms with Crippen LogP contribution in [-0.4, -0.2) is 18.0 Å². The van der Waals surface area contributed by atoms with E-state index in [4.69, 9.17) is 0 Å². The Morgan fingerprint density at radius 3 is 2.74 bits per heavy atom. The number of nitrogens with zero attached hydrogens (tertiary/aromatic N) is 2. The minimum Gasteiger partial charge on any atom is -0.298 e. The summed E-state index contributed by atoms with van der Waals surface area (Å²) >= 11 is 3.60. The second kappa shape index (κ2) is 7.07. The molecule has 2 unspecified atom stereocenters. The summed E-state index contributed by atoms with van der Waals surface area (Å²) in [4.78, 5) is 2.36. The lowest BCUT2D eigenvalue weighted by Gasteiger charge is -2.30. The summed E-state index contributed by atoms with van der Waals surface area (Å²) in [6, 6.07) is 11.3. The molecule has 2 nitrogen and oxygen atoms in total. The fourth-order valence-electron chi connectivity index (χ4n) is 2.98. The van der Waals surface area contributed by atoms with Crippen LogP contribution in [0.25, 0.3) is 0 Å². The van der Waals surface area contributed by atoms with Crippen molar-refractivity contribution in [3.05, 3.63) is 34.3 Å². The van der Waals surface area contributed by atoms with Gasteiger partial charge in [-0.3, -0.25) is 4.90 Å². The number of hydrogen-bond donors (Lipinski definition) is 0. The smallest absolute Gasteiger partial charge is 0.0672 e. The van der Waals surface area contributed by atoms with E-state index in [1.54, 1.807) is 0 Å². The largest absolute Gasteiger partial charge is 0.298 e. The van der Waals surface area contributed by atoms with Gasteiger partial charge in [-0.1, -0.05) is 53.4 Å². The lowest BCUT2D eigenvalue weighted by Crippen LogP contribution is -2.36. The van der Waals surface area contributed by atoms with Crippen LogP contribution < -0.4 is 0 Å². The average Bonchev–Trinajstić information content (AvgIpc) is 2.66. The van der Waals surface area contributed by atoms with Gasteiger partial charge in [-0.2, -0.15) is 5.26 Å². The number of hydrogen-bond acceptors (Lipinski definition) is 2. The van der Waals surface area contributed by atoms with Crippen molar-refractivity contribution in [2.45, 2.75) is 44.7 Å². The Morgan fingerprint density at radius 2 is 2.00 bits per heavy atom. The highest BCUT2D eigenvalue weighted by Gasteiger charge is 2.27. The van der Waals surface area contributed by atoms with Gasteiger partial charge >= 0.3 is 0 Å². The molecular formula is C16H21BrN2. The van der Waals surface area contributed by atoms with Crippen LogP contribution in [0.4, 0.5) is 0 Å². The maximum Gasteiger partial charge on any atom is 0.0672 e. The third-order valence-electron chi connectivity index (χ3n) is 4.09. The predicted octanol–water partition coefficient (Wildman–Crippen LogP) is 4.35. The molecule has 0 bridgehead atoms. The van der Waals surface area contributed by atoms with Crippen LogP contribution in [0.1, 0.15) is 37.7 Å². The third kappa shape index (κ3) is 3.81. The van der Waals surface area contributed by atoms with Gasteiger partial charge in [0.25, 0.3) is 0 Å². The van der Waals surface area contributed by atoms with Gasteiger partial charge in [0.2, 0.25) is 0 Å². The average molecular weight is 321 g/mol. The van der Waals surface area contributed by atoms with Crippen molar-refractivity contribution in [2.75, 3.05) is 7.05 Å². The number of benzene rings is 1. The van der Waals surface area contributed by atoms with Crippen LogP contribution in [-0.2, 0) is 6.54 Å². The molecule has 1 aliphatic carbocycles. The minimum absolute atomic E-state index is 0.190. The molecule has 1 aromatic carbocycles. The summed E-state index contributed by atoms with van der Waals surface area (Å²) in [5, 5.41) is 9.37. The highest BCUT2D eigenvalue weighted by Crippen LogP contribution is 2.28. The number of halogens is 1. The summed E-state index contributed by atoms with van der Waals surface area (Å²) in [6.07, 6.45) is 5.94. The monoisotopic (exact) mass is 320 g/mol. The molecule has 1 aliphatic rings. The quantitative estimate of drug-likeness (QED) is 0.774. The molecule has 3 heteroatoms. The van der Waals surface area contributed by atoms with E-state index < -0.39 is 0 Å². The van der Waals surface area contributed by atoms with E-state index >= 15 is 0 Å². The van der Waals surface area contributed by atoms with Gasteiger partial charge in [0.05, 0.1) is 12.0 Å². The molecule has 2 rings (SSSR count). The maximum atomic E-state index is 9.37. The molecule has 1 saturated carbocycles. The molecule has 0 spiro atoms. The Morgan fingerprint density at radius 1 is 1.26 bits per heavy atom. The molecule has 0 radical (unpaired) electrons. The standard InChI is InChI=1S/C16H21BrN2/c1-19(12-14-8-5-6-9-15(14)17)16-10-4-2-3-7-13(16)11-18/h5-6,8-9,13,16H,2-4,7,10,12H2,1H3. The highest BCUT2D eigenvalue weighted by molar-refractivity contribution is 9.10. The zero-order valence-electron chi connectivity index (χ0n) is 11.5. The fourth-order valence-corrected chi connectivity index (χ4v) is 3.39. The molecule has 0 saturated heterocycles. The topological polar surface area (TPSA) is 27.0 Å². The first kappa shape index (κ1) is 14.6. The minimum atomic E-state index is 0.190. The molecule has 0 aromatic heterocycles. The number of nitriles is 1. The second-order valence-electron chi connectivity index (χ2n) is 5.45. The zero-order chi connectivity index (χ0) is 13.7. The summed E-state index contributed by atoms with van der Waals surface area (Å²) in [5.41, 5.74) is 1.30. The van der Waals surface area contributed by atoms with E-state index in [9.17, 15) is 5.26 Å². The van der Waals surface area contributed by atoms with E-state index in [1.165, 1.54) is 24.8 Å². The van der Waals surface area contributed by atoms with Crippen molar-refractivity contribution < 1.29 is 0 Å². The Hall–Kier alpha value is -0.850. The lowest BCUT2D eigenvalue weighted by molar-refractivity contribution is 0.183. The molecule has 0 N–H and O–H groups in total. The Labute approximate surface area is 124 Å². The van der Waals surface area contributed by atoms with Gasteiger partial charge in [0, 0.05) is 17.1 Å². The maximum absolute atomic E-state index is 9.37. The first-order valence-corrected chi connectivity index (χ1v) is 7.85. The van der Waals surface area contributed by atoms with Gasteiger partial charge in [-0.25, -0.2) is 0 Å². The summed E-state index contributed by atoms with van der Waals surface area (Å²) in [5.74, 6) is 0.190. The van der Waals surface area contributed by atoms with Crippen molar-refractivity contribution >= 4 is 15.9 Å². The SMILES string of the molecule is CN(Cc1ccccc1Br)C1CCCCCC1C#N. The highest BCUT2D eigenvalue weighted by atomic mass is 79.9. The molecule has 1 fully saturated rings. The van der Waals surface area contributed by atoms with Crippen molar-refractivity contribution in [2.24, 2.45) is 5.92 Å². The van der Waals surface area contributed by atoms with Crippen LogP contribution in [0.5, 0.6) is 0 Å². The van der Waals surface area contributed by atoms with Gasteiger partial charge in [0.1, 0.15) is 0 Å². The fraction of sp³-hybridized carbons (Fsp3) is 0.562. The lowest BCUT2D eigenvalue weighted by atomic mass is 9.95. The zero-order valence-corrected chi connectivity index (χ0v) is 13.1. The Bertz CT molecular complexity index is 452.